The summed E-state index contributed by atoms with van der Waals surface area (Å²) in [6, 6.07) is 4.31. The van der Waals surface area contributed by atoms with Crippen LogP contribution in [0.25, 0.3) is 0 Å². The van der Waals surface area contributed by atoms with Crippen molar-refractivity contribution in [2.75, 3.05) is 14.2 Å². The number of allylic oxidation sites excluding steroid dienone is 1. The number of likely N-dealkylation sites (N-methyl/N-ethyl adjacent to an activating group) is 1. The first-order valence-corrected chi connectivity index (χ1v) is 7.37. The highest BCUT2D eigenvalue weighted by Gasteiger charge is 2.45. The summed E-state index contributed by atoms with van der Waals surface area (Å²) < 4.78 is 45.0. The lowest BCUT2D eigenvalue weighted by atomic mass is 9.78. The van der Waals surface area contributed by atoms with E-state index in [1.165, 1.54) is 20.0 Å². The zero-order chi connectivity index (χ0) is 19.8. The number of amides is 1. The Hall–Kier alpha value is -2.97. The second-order valence-electron chi connectivity index (χ2n) is 5.61. The number of carbonyl (C=O) groups excluding carboxylic acids is 1. The molecule has 1 heterocycles. The summed E-state index contributed by atoms with van der Waals surface area (Å²) in [5, 5.41) is 19.6. The number of ether oxygens (including phenoxy) is 1. The fourth-order valence-electron chi connectivity index (χ4n) is 2.91. The molecule has 1 aliphatic heterocycles. The highest BCUT2D eigenvalue weighted by atomic mass is 19.4. The van der Waals surface area contributed by atoms with Crippen molar-refractivity contribution in [1.29, 1.82) is 0 Å². The Morgan fingerprint density at radius 3 is 2.31 bits per heavy atom. The monoisotopic (exact) mass is 371 g/mol. The number of aliphatic carboxylic acids is 1. The average Bonchev–Trinajstić information content (AvgIpc) is 2.57. The Bertz CT molecular complexity index is 826. The number of methoxy groups -OCH3 is 1. The summed E-state index contributed by atoms with van der Waals surface area (Å²) in [5.41, 5.74) is -2.62. The number of hydrogen-bond donors (Lipinski definition) is 2. The van der Waals surface area contributed by atoms with Crippen molar-refractivity contribution < 1.29 is 37.7 Å². The predicted molar refractivity (Wildman–Crippen MR) is 84.0 cm³/mol. The minimum atomic E-state index is -4.78. The Morgan fingerprint density at radius 2 is 1.81 bits per heavy atom. The maximum Gasteiger partial charge on any atom is 0.416 e. The van der Waals surface area contributed by atoms with Gasteiger partial charge in [0.15, 0.2) is 0 Å². The molecule has 1 unspecified atom stereocenters. The molecule has 0 aromatic heterocycles. The lowest BCUT2D eigenvalue weighted by Gasteiger charge is -2.34. The molecule has 1 atom stereocenters. The van der Waals surface area contributed by atoms with Crippen LogP contribution in [0.4, 0.5) is 13.2 Å². The van der Waals surface area contributed by atoms with Gasteiger partial charge in [-0.2, -0.15) is 13.2 Å². The van der Waals surface area contributed by atoms with E-state index >= 15 is 0 Å². The average molecular weight is 371 g/mol. The number of rotatable bonds is 3. The number of benzene rings is 1. The number of halogens is 3. The molecule has 0 saturated carbocycles. The fourth-order valence-corrected chi connectivity index (χ4v) is 2.91. The van der Waals surface area contributed by atoms with Crippen LogP contribution < -0.4 is 0 Å². The van der Waals surface area contributed by atoms with Crippen LogP contribution in [0.15, 0.2) is 47.1 Å². The van der Waals surface area contributed by atoms with Crippen LogP contribution in [0, 0.1) is 0 Å². The van der Waals surface area contributed by atoms with Crippen LogP contribution in [-0.4, -0.2) is 41.1 Å². The smallest absolute Gasteiger partial charge is 0.416 e. The first-order chi connectivity index (χ1) is 12.0. The number of alkyl halides is 3. The molecule has 26 heavy (non-hydrogen) atoms. The zero-order valence-electron chi connectivity index (χ0n) is 14.1. The van der Waals surface area contributed by atoms with Crippen LogP contribution in [-0.2, 0) is 20.5 Å². The van der Waals surface area contributed by atoms with Crippen molar-refractivity contribution in [1.82, 2.24) is 4.90 Å². The van der Waals surface area contributed by atoms with Gasteiger partial charge in [-0.05, 0) is 18.6 Å². The van der Waals surface area contributed by atoms with Gasteiger partial charge in [0.2, 0.25) is 0 Å². The SMILES string of the molecule is COC(O)=C1C(=O)N(C)C(C)=C(C(=O)O)C1c1ccccc1C(F)(F)F. The van der Waals surface area contributed by atoms with Crippen LogP contribution in [0.2, 0.25) is 0 Å². The molecule has 9 heteroatoms. The van der Waals surface area contributed by atoms with Crippen LogP contribution in [0.1, 0.15) is 24.0 Å². The molecule has 2 N–H and O–H groups in total. The molecule has 2 rings (SSSR count). The van der Waals surface area contributed by atoms with Gasteiger partial charge in [-0.25, -0.2) is 4.79 Å². The van der Waals surface area contributed by atoms with E-state index in [0.717, 1.165) is 30.2 Å². The summed E-state index contributed by atoms with van der Waals surface area (Å²) in [7, 11) is 2.28. The van der Waals surface area contributed by atoms with Crippen molar-refractivity contribution >= 4 is 11.9 Å². The third-order valence-corrected chi connectivity index (χ3v) is 4.24. The molecule has 0 aliphatic carbocycles. The third-order valence-electron chi connectivity index (χ3n) is 4.24. The molecule has 0 saturated heterocycles. The topological polar surface area (TPSA) is 87.1 Å². The lowest BCUT2D eigenvalue weighted by molar-refractivity contribution is -0.139. The van der Waals surface area contributed by atoms with E-state index in [1.54, 1.807) is 0 Å². The Balaban J connectivity index is 2.93. The maximum absolute atomic E-state index is 13.4. The predicted octanol–water partition coefficient (Wildman–Crippen LogP) is 3.04. The van der Waals surface area contributed by atoms with Crippen molar-refractivity contribution in [2.24, 2.45) is 0 Å². The highest BCUT2D eigenvalue weighted by molar-refractivity contribution is 6.04. The largest absolute Gasteiger partial charge is 0.481 e. The van der Waals surface area contributed by atoms with Crippen LogP contribution >= 0.6 is 0 Å². The number of nitrogens with zero attached hydrogens (tertiary/aromatic N) is 1. The molecule has 1 aromatic carbocycles. The standard InChI is InChI=1S/C17H16F3NO5/c1-8-11(15(23)24)12(13(16(25)26-3)14(22)21(8)2)9-6-4-5-7-10(9)17(18,19)20/h4-7,12,25H,1-3H3,(H,23,24). The summed E-state index contributed by atoms with van der Waals surface area (Å²) in [6.45, 7) is 1.31. The lowest BCUT2D eigenvalue weighted by Crippen LogP contribution is -2.39. The van der Waals surface area contributed by atoms with Gasteiger partial charge in [0.25, 0.3) is 11.9 Å². The van der Waals surface area contributed by atoms with E-state index in [0.29, 0.717) is 0 Å². The summed E-state index contributed by atoms with van der Waals surface area (Å²) >= 11 is 0. The van der Waals surface area contributed by atoms with Gasteiger partial charge in [0, 0.05) is 12.7 Å². The summed E-state index contributed by atoms with van der Waals surface area (Å²) in [4.78, 5) is 25.3. The molecule has 0 fully saturated rings. The highest BCUT2D eigenvalue weighted by Crippen LogP contribution is 2.45. The number of carboxylic acid groups (broad SMARTS) is 1. The molecule has 0 radical (unpaired) electrons. The number of carboxylic acids is 1. The van der Waals surface area contributed by atoms with Gasteiger partial charge < -0.3 is 19.8 Å². The van der Waals surface area contributed by atoms with Crippen molar-refractivity contribution in [3.63, 3.8) is 0 Å². The van der Waals surface area contributed by atoms with Gasteiger partial charge in [-0.3, -0.25) is 4.79 Å². The molecule has 0 bridgehead atoms. The van der Waals surface area contributed by atoms with E-state index in [9.17, 15) is 33.0 Å². The van der Waals surface area contributed by atoms with Crippen LogP contribution in [0.3, 0.4) is 0 Å². The van der Waals surface area contributed by atoms with E-state index < -0.39 is 52.2 Å². The van der Waals surface area contributed by atoms with Gasteiger partial charge in [0.05, 0.1) is 24.2 Å². The van der Waals surface area contributed by atoms with E-state index in [2.05, 4.69) is 4.74 Å². The molecular weight excluding hydrogens is 355 g/mol. The summed E-state index contributed by atoms with van der Waals surface area (Å²) in [5.74, 6) is -4.94. The zero-order valence-corrected chi connectivity index (χ0v) is 14.1. The summed E-state index contributed by atoms with van der Waals surface area (Å²) in [6.07, 6.45) is -4.78. The number of carbonyl (C=O) groups is 2. The first kappa shape index (κ1) is 19.4. The van der Waals surface area contributed by atoms with Gasteiger partial charge >= 0.3 is 12.1 Å². The molecule has 1 amide bonds. The molecule has 1 aliphatic rings. The Morgan fingerprint density at radius 1 is 1.23 bits per heavy atom. The van der Waals surface area contributed by atoms with Gasteiger partial charge in [0.1, 0.15) is 5.57 Å². The van der Waals surface area contributed by atoms with Crippen molar-refractivity contribution in [3.05, 3.63) is 58.2 Å². The number of aliphatic hydroxyl groups excluding tert-OH is 1. The van der Waals surface area contributed by atoms with Crippen LogP contribution in [0.5, 0.6) is 0 Å². The second kappa shape index (κ2) is 6.74. The minimum Gasteiger partial charge on any atom is -0.481 e. The van der Waals surface area contributed by atoms with Crippen molar-refractivity contribution in [2.45, 2.75) is 19.0 Å². The number of aliphatic hydroxyl groups is 1. The Labute approximate surface area is 146 Å². The first-order valence-electron chi connectivity index (χ1n) is 7.37. The van der Waals surface area contributed by atoms with Gasteiger partial charge in [-0.15, -0.1) is 0 Å². The number of hydrogen-bond acceptors (Lipinski definition) is 4. The minimum absolute atomic E-state index is 0.0304. The van der Waals surface area contributed by atoms with E-state index in [1.807, 2.05) is 0 Å². The van der Waals surface area contributed by atoms with Crippen molar-refractivity contribution in [3.8, 4) is 0 Å². The molecule has 0 spiro atoms. The molecule has 1 aromatic rings. The third kappa shape index (κ3) is 3.12. The molecule has 6 nitrogen and oxygen atoms in total. The normalized spacial score (nSPS) is 20.3. The van der Waals surface area contributed by atoms with Gasteiger partial charge in [-0.1, -0.05) is 18.2 Å². The quantitative estimate of drug-likeness (QED) is 0.630. The fraction of sp³-hybridized carbons (Fsp3) is 0.294. The molecular formula is C17H16F3NO5. The second-order valence-corrected chi connectivity index (χ2v) is 5.61. The van der Waals surface area contributed by atoms with E-state index in [4.69, 9.17) is 0 Å². The Kier molecular flexibility index (Phi) is 5.02. The molecule has 140 valence electrons. The van der Waals surface area contributed by atoms with E-state index in [-0.39, 0.29) is 5.70 Å². The maximum atomic E-state index is 13.4.